The van der Waals surface area contributed by atoms with E-state index in [4.69, 9.17) is 0 Å². The highest BCUT2D eigenvalue weighted by molar-refractivity contribution is 9.10. The Morgan fingerprint density at radius 3 is 3.07 bits per heavy atom. The third kappa shape index (κ3) is 2.69. The summed E-state index contributed by atoms with van der Waals surface area (Å²) in [5.74, 6) is 0. The average molecular weight is 252 g/mol. The first-order valence-electron chi connectivity index (χ1n) is 5.02. The van der Waals surface area contributed by atoms with Gasteiger partial charge in [0.15, 0.2) is 0 Å². The van der Waals surface area contributed by atoms with E-state index in [1.807, 2.05) is 6.07 Å². The molecule has 0 bridgehead atoms. The second-order valence-electron chi connectivity index (χ2n) is 3.62. The molecule has 1 aromatic rings. The lowest BCUT2D eigenvalue weighted by atomic mass is 10.1. The quantitative estimate of drug-likeness (QED) is 0.852. The summed E-state index contributed by atoms with van der Waals surface area (Å²) in [5.41, 5.74) is 1.26. The zero-order chi connectivity index (χ0) is 9.80. The van der Waals surface area contributed by atoms with Gasteiger partial charge in [0.25, 0.3) is 0 Å². The first-order valence-corrected chi connectivity index (χ1v) is 5.81. The first kappa shape index (κ1) is 9.94. The highest BCUT2D eigenvalue weighted by atomic mass is 79.9. The summed E-state index contributed by atoms with van der Waals surface area (Å²) in [6.07, 6.45) is 7.01. The minimum Gasteiger partial charge on any atom is -0.311 e. The number of hydrogen-bond acceptors (Lipinski definition) is 1. The van der Waals surface area contributed by atoms with E-state index in [9.17, 15) is 0 Å². The molecular formula is C12H14BrN. The second kappa shape index (κ2) is 4.76. The molecule has 74 valence electrons. The third-order valence-corrected chi connectivity index (χ3v) is 2.96. The van der Waals surface area contributed by atoms with Gasteiger partial charge < -0.3 is 5.32 Å². The SMILES string of the molecule is Brc1cccc(/C=C/C2CCCN2)c1. The molecule has 1 saturated heterocycles. The Hall–Kier alpha value is -0.600. The number of rotatable bonds is 2. The van der Waals surface area contributed by atoms with Crippen LogP contribution in [0.4, 0.5) is 0 Å². The molecule has 0 radical (unpaired) electrons. The molecule has 0 aromatic heterocycles. The molecule has 1 fully saturated rings. The molecular weight excluding hydrogens is 238 g/mol. The van der Waals surface area contributed by atoms with Crippen LogP contribution in [0.1, 0.15) is 18.4 Å². The van der Waals surface area contributed by atoms with Crippen molar-refractivity contribution in [1.29, 1.82) is 0 Å². The zero-order valence-electron chi connectivity index (χ0n) is 8.04. The van der Waals surface area contributed by atoms with Crippen LogP contribution in [0.5, 0.6) is 0 Å². The van der Waals surface area contributed by atoms with E-state index in [1.165, 1.54) is 18.4 Å². The minimum atomic E-state index is 0.578. The highest BCUT2D eigenvalue weighted by Gasteiger charge is 2.09. The maximum absolute atomic E-state index is 3.47. The molecule has 0 spiro atoms. The second-order valence-corrected chi connectivity index (χ2v) is 4.53. The molecule has 14 heavy (non-hydrogen) atoms. The van der Waals surface area contributed by atoms with Crippen LogP contribution in [0.25, 0.3) is 6.08 Å². The van der Waals surface area contributed by atoms with Crippen molar-refractivity contribution >= 4 is 22.0 Å². The normalized spacial score (nSPS) is 21.9. The Kier molecular flexibility index (Phi) is 3.38. The predicted octanol–water partition coefficient (Wildman–Crippen LogP) is 3.21. The Morgan fingerprint density at radius 1 is 1.43 bits per heavy atom. The van der Waals surface area contributed by atoms with E-state index in [-0.39, 0.29) is 0 Å². The summed E-state index contributed by atoms with van der Waals surface area (Å²) in [5, 5.41) is 3.44. The van der Waals surface area contributed by atoms with Gasteiger partial charge in [0, 0.05) is 10.5 Å². The van der Waals surface area contributed by atoms with E-state index in [0.29, 0.717) is 6.04 Å². The molecule has 1 aromatic carbocycles. The third-order valence-electron chi connectivity index (χ3n) is 2.47. The fourth-order valence-electron chi connectivity index (χ4n) is 1.71. The predicted molar refractivity (Wildman–Crippen MR) is 64.2 cm³/mol. The summed E-state index contributed by atoms with van der Waals surface area (Å²) >= 11 is 3.47. The standard InChI is InChI=1S/C12H14BrN/c13-11-4-1-3-10(9-11)6-7-12-5-2-8-14-12/h1,3-4,6-7,9,12,14H,2,5,8H2/b7-6+. The van der Waals surface area contributed by atoms with Crippen LogP contribution < -0.4 is 5.32 Å². The smallest absolute Gasteiger partial charge is 0.0253 e. The Balaban J connectivity index is 2.02. The minimum absolute atomic E-state index is 0.578. The molecule has 1 N–H and O–H groups in total. The van der Waals surface area contributed by atoms with Crippen molar-refractivity contribution in [2.45, 2.75) is 18.9 Å². The van der Waals surface area contributed by atoms with Crippen molar-refractivity contribution in [3.8, 4) is 0 Å². The Bertz CT molecular complexity index is 327. The van der Waals surface area contributed by atoms with E-state index < -0.39 is 0 Å². The summed E-state index contributed by atoms with van der Waals surface area (Å²) in [6, 6.07) is 8.94. The van der Waals surface area contributed by atoms with Gasteiger partial charge in [0.05, 0.1) is 0 Å². The van der Waals surface area contributed by atoms with Crippen molar-refractivity contribution in [3.63, 3.8) is 0 Å². The van der Waals surface area contributed by atoms with Crippen LogP contribution in [0.3, 0.4) is 0 Å². The van der Waals surface area contributed by atoms with Crippen LogP contribution in [0, 0.1) is 0 Å². The summed E-state index contributed by atoms with van der Waals surface area (Å²) in [7, 11) is 0. The van der Waals surface area contributed by atoms with E-state index in [1.54, 1.807) is 0 Å². The van der Waals surface area contributed by atoms with Gasteiger partial charge in [-0.05, 0) is 37.1 Å². The average Bonchev–Trinajstić information content (AvgIpc) is 2.67. The molecule has 1 aliphatic heterocycles. The van der Waals surface area contributed by atoms with Gasteiger partial charge in [0.2, 0.25) is 0 Å². The van der Waals surface area contributed by atoms with Crippen LogP contribution >= 0.6 is 15.9 Å². The van der Waals surface area contributed by atoms with Gasteiger partial charge in [-0.3, -0.25) is 0 Å². The Labute approximate surface area is 93.3 Å². The van der Waals surface area contributed by atoms with E-state index in [0.717, 1.165) is 11.0 Å². The maximum Gasteiger partial charge on any atom is 0.0253 e. The summed E-state index contributed by atoms with van der Waals surface area (Å²) in [6.45, 7) is 1.16. The molecule has 1 nitrogen and oxygen atoms in total. The molecule has 1 heterocycles. The molecule has 1 atom stereocenters. The number of benzene rings is 1. The molecule has 2 rings (SSSR count). The van der Waals surface area contributed by atoms with Gasteiger partial charge in [-0.25, -0.2) is 0 Å². The molecule has 1 unspecified atom stereocenters. The summed E-state index contributed by atoms with van der Waals surface area (Å²) in [4.78, 5) is 0. The van der Waals surface area contributed by atoms with Gasteiger partial charge in [-0.2, -0.15) is 0 Å². The fraction of sp³-hybridized carbons (Fsp3) is 0.333. The van der Waals surface area contributed by atoms with E-state index in [2.05, 4.69) is 51.6 Å². The lowest BCUT2D eigenvalue weighted by molar-refractivity contribution is 0.730. The van der Waals surface area contributed by atoms with Crippen molar-refractivity contribution < 1.29 is 0 Å². The largest absolute Gasteiger partial charge is 0.311 e. The zero-order valence-corrected chi connectivity index (χ0v) is 9.63. The van der Waals surface area contributed by atoms with Gasteiger partial charge in [-0.1, -0.05) is 40.2 Å². The van der Waals surface area contributed by atoms with Crippen LogP contribution in [-0.2, 0) is 0 Å². The van der Waals surface area contributed by atoms with Crippen molar-refractivity contribution in [1.82, 2.24) is 5.32 Å². The topological polar surface area (TPSA) is 12.0 Å². The monoisotopic (exact) mass is 251 g/mol. The lowest BCUT2D eigenvalue weighted by Gasteiger charge is -2.02. The van der Waals surface area contributed by atoms with Gasteiger partial charge >= 0.3 is 0 Å². The maximum atomic E-state index is 3.47. The number of nitrogens with one attached hydrogen (secondary N) is 1. The van der Waals surface area contributed by atoms with Gasteiger partial charge in [-0.15, -0.1) is 0 Å². The first-order chi connectivity index (χ1) is 6.84. The number of hydrogen-bond donors (Lipinski definition) is 1. The van der Waals surface area contributed by atoms with E-state index >= 15 is 0 Å². The molecule has 0 aliphatic carbocycles. The highest BCUT2D eigenvalue weighted by Crippen LogP contribution is 2.14. The Morgan fingerprint density at radius 2 is 2.36 bits per heavy atom. The van der Waals surface area contributed by atoms with Crippen molar-refractivity contribution in [2.75, 3.05) is 6.54 Å². The lowest BCUT2D eigenvalue weighted by Crippen LogP contribution is -2.17. The van der Waals surface area contributed by atoms with Crippen LogP contribution in [-0.4, -0.2) is 12.6 Å². The fourth-order valence-corrected chi connectivity index (χ4v) is 2.13. The van der Waals surface area contributed by atoms with Crippen molar-refractivity contribution in [3.05, 3.63) is 40.4 Å². The molecule has 1 aliphatic rings. The van der Waals surface area contributed by atoms with Gasteiger partial charge in [0.1, 0.15) is 0 Å². The van der Waals surface area contributed by atoms with Crippen LogP contribution in [0.2, 0.25) is 0 Å². The summed E-state index contributed by atoms with van der Waals surface area (Å²) < 4.78 is 1.14. The molecule has 2 heteroatoms. The van der Waals surface area contributed by atoms with Crippen molar-refractivity contribution in [2.24, 2.45) is 0 Å². The van der Waals surface area contributed by atoms with Crippen LogP contribution in [0.15, 0.2) is 34.8 Å². The number of halogens is 1. The molecule has 0 saturated carbocycles. The molecule has 0 amide bonds.